The summed E-state index contributed by atoms with van der Waals surface area (Å²) in [5, 5.41) is 0. The third-order valence-electron chi connectivity index (χ3n) is 4.14. The fourth-order valence-corrected chi connectivity index (χ4v) is 2.72. The van der Waals surface area contributed by atoms with Crippen molar-refractivity contribution in [3.8, 4) is 22.8 Å². The molecule has 0 saturated heterocycles. The predicted molar refractivity (Wildman–Crippen MR) is 103 cm³/mol. The first kappa shape index (κ1) is 17.0. The van der Waals surface area contributed by atoms with Gasteiger partial charge in [-0.05, 0) is 67.4 Å². The maximum atomic E-state index is 5.63. The number of nitrogens with zero attached hydrogens (tertiary/aromatic N) is 2. The summed E-state index contributed by atoms with van der Waals surface area (Å²) in [5.41, 5.74) is 10.8. The summed E-state index contributed by atoms with van der Waals surface area (Å²) in [7, 11) is 1.66. The van der Waals surface area contributed by atoms with Crippen molar-refractivity contribution in [3.63, 3.8) is 0 Å². The summed E-state index contributed by atoms with van der Waals surface area (Å²) >= 11 is 0. The molecular weight excluding hydrogens is 310 g/mol. The van der Waals surface area contributed by atoms with E-state index in [0.717, 1.165) is 40.5 Å². The number of imidazole rings is 1. The summed E-state index contributed by atoms with van der Waals surface area (Å²) in [6.07, 6.45) is 2.91. The fourth-order valence-electron chi connectivity index (χ4n) is 2.72. The Bertz CT molecular complexity index is 861. The second kappa shape index (κ2) is 7.36. The van der Waals surface area contributed by atoms with Crippen molar-refractivity contribution in [2.24, 2.45) is 5.73 Å². The molecule has 3 rings (SSSR count). The largest absolute Gasteiger partial charge is 0.497 e. The van der Waals surface area contributed by atoms with E-state index in [4.69, 9.17) is 15.5 Å². The van der Waals surface area contributed by atoms with E-state index in [-0.39, 0.29) is 0 Å². The first-order valence-corrected chi connectivity index (χ1v) is 8.31. The van der Waals surface area contributed by atoms with Crippen molar-refractivity contribution >= 4 is 5.57 Å². The minimum absolute atomic E-state index is 0.654. The van der Waals surface area contributed by atoms with Crippen LogP contribution < -0.4 is 10.5 Å². The van der Waals surface area contributed by atoms with Crippen LogP contribution in [0.3, 0.4) is 0 Å². The number of benzene rings is 2. The van der Waals surface area contributed by atoms with Crippen LogP contribution in [0, 0.1) is 0 Å². The molecule has 128 valence electrons. The van der Waals surface area contributed by atoms with Gasteiger partial charge in [-0.15, -0.1) is 0 Å². The van der Waals surface area contributed by atoms with Crippen molar-refractivity contribution in [2.75, 3.05) is 13.7 Å². The van der Waals surface area contributed by atoms with Gasteiger partial charge in [-0.25, -0.2) is 4.98 Å². The molecule has 0 saturated carbocycles. The van der Waals surface area contributed by atoms with E-state index in [1.54, 1.807) is 7.11 Å². The third-order valence-corrected chi connectivity index (χ3v) is 4.14. The van der Waals surface area contributed by atoms with Crippen LogP contribution >= 0.6 is 0 Å². The van der Waals surface area contributed by atoms with Crippen LogP contribution in [0.25, 0.3) is 22.6 Å². The minimum atomic E-state index is 0.654. The Morgan fingerprint density at radius 3 is 2.36 bits per heavy atom. The molecule has 0 atom stereocenters. The normalized spacial score (nSPS) is 10.7. The molecule has 3 aromatic rings. The molecule has 2 aromatic carbocycles. The Kier molecular flexibility index (Phi) is 5.00. The van der Waals surface area contributed by atoms with E-state index in [0.29, 0.717) is 6.54 Å². The molecule has 4 nitrogen and oxygen atoms in total. The van der Waals surface area contributed by atoms with Gasteiger partial charge in [-0.3, -0.25) is 4.57 Å². The molecule has 1 heterocycles. The molecule has 0 unspecified atom stereocenters. The number of hydrogen-bond donors (Lipinski definition) is 1. The molecule has 0 bridgehead atoms. The molecule has 1 aromatic heterocycles. The van der Waals surface area contributed by atoms with Gasteiger partial charge in [0.15, 0.2) is 0 Å². The van der Waals surface area contributed by atoms with Crippen LogP contribution in [0.2, 0.25) is 0 Å². The summed E-state index contributed by atoms with van der Waals surface area (Å²) in [6, 6.07) is 16.3. The number of rotatable bonds is 6. The summed E-state index contributed by atoms with van der Waals surface area (Å²) in [4.78, 5) is 4.77. The van der Waals surface area contributed by atoms with Crippen LogP contribution in [0.4, 0.5) is 0 Å². The monoisotopic (exact) mass is 333 g/mol. The quantitative estimate of drug-likeness (QED) is 0.739. The minimum Gasteiger partial charge on any atom is -0.497 e. The number of allylic oxidation sites excluding steroid dienone is 1. The molecular formula is C21H23N3O. The lowest BCUT2D eigenvalue weighted by atomic mass is 10.1. The highest BCUT2D eigenvalue weighted by Crippen LogP contribution is 2.27. The molecule has 2 N–H and O–H groups in total. The Labute approximate surface area is 148 Å². The molecule has 4 heteroatoms. The standard InChI is InChI=1S/C21H23N3O/c1-15(2)20-14-24(18-8-4-16(5-9-18)12-13-22)21(23-20)17-6-10-19(25-3)11-7-17/h4-11,14H,1,12-13,22H2,2-3H3. The average molecular weight is 333 g/mol. The first-order chi connectivity index (χ1) is 12.1. The molecule has 0 amide bonds. The van der Waals surface area contributed by atoms with Crippen molar-refractivity contribution < 1.29 is 4.74 Å². The van der Waals surface area contributed by atoms with Crippen molar-refractivity contribution in [2.45, 2.75) is 13.3 Å². The van der Waals surface area contributed by atoms with Gasteiger partial charge in [-0.2, -0.15) is 0 Å². The highest BCUT2D eigenvalue weighted by molar-refractivity contribution is 5.66. The molecule has 0 aliphatic rings. The van der Waals surface area contributed by atoms with Gasteiger partial charge in [0.25, 0.3) is 0 Å². The second-order valence-corrected chi connectivity index (χ2v) is 6.03. The zero-order chi connectivity index (χ0) is 17.8. The smallest absolute Gasteiger partial charge is 0.145 e. The first-order valence-electron chi connectivity index (χ1n) is 8.31. The van der Waals surface area contributed by atoms with Crippen LogP contribution in [0.15, 0.2) is 61.3 Å². The maximum Gasteiger partial charge on any atom is 0.145 e. The Hall–Kier alpha value is -2.85. The summed E-state index contributed by atoms with van der Waals surface area (Å²) in [6.45, 7) is 6.64. The van der Waals surface area contributed by atoms with E-state index in [2.05, 4.69) is 35.4 Å². The molecule has 0 aliphatic carbocycles. The van der Waals surface area contributed by atoms with Gasteiger partial charge in [0.2, 0.25) is 0 Å². The van der Waals surface area contributed by atoms with Gasteiger partial charge < -0.3 is 10.5 Å². The van der Waals surface area contributed by atoms with Crippen LogP contribution in [0.5, 0.6) is 5.75 Å². The summed E-state index contributed by atoms with van der Waals surface area (Å²) in [5.74, 6) is 1.71. The third kappa shape index (κ3) is 3.64. The van der Waals surface area contributed by atoms with Gasteiger partial charge >= 0.3 is 0 Å². The van der Waals surface area contributed by atoms with E-state index < -0.39 is 0 Å². The van der Waals surface area contributed by atoms with Crippen LogP contribution in [0.1, 0.15) is 18.2 Å². The Balaban J connectivity index is 2.06. The lowest BCUT2D eigenvalue weighted by Gasteiger charge is -2.09. The van der Waals surface area contributed by atoms with Crippen molar-refractivity contribution in [1.29, 1.82) is 0 Å². The highest BCUT2D eigenvalue weighted by Gasteiger charge is 2.12. The number of hydrogen-bond acceptors (Lipinski definition) is 3. The van der Waals surface area contributed by atoms with Gasteiger partial charge in [0.05, 0.1) is 12.8 Å². The van der Waals surface area contributed by atoms with E-state index in [1.807, 2.05) is 37.4 Å². The van der Waals surface area contributed by atoms with Gasteiger partial charge in [0, 0.05) is 17.4 Å². The van der Waals surface area contributed by atoms with Crippen molar-refractivity contribution in [1.82, 2.24) is 9.55 Å². The molecule has 0 aliphatic heterocycles. The Morgan fingerprint density at radius 1 is 1.12 bits per heavy atom. The van der Waals surface area contributed by atoms with E-state index in [9.17, 15) is 0 Å². The fraction of sp³-hybridized carbons (Fsp3) is 0.190. The molecule has 25 heavy (non-hydrogen) atoms. The SMILES string of the molecule is C=C(C)c1cn(-c2ccc(CCN)cc2)c(-c2ccc(OC)cc2)n1. The lowest BCUT2D eigenvalue weighted by Crippen LogP contribution is -2.03. The van der Waals surface area contributed by atoms with E-state index >= 15 is 0 Å². The van der Waals surface area contributed by atoms with Crippen molar-refractivity contribution in [3.05, 3.63) is 72.6 Å². The lowest BCUT2D eigenvalue weighted by molar-refractivity contribution is 0.415. The topological polar surface area (TPSA) is 53.1 Å². The van der Waals surface area contributed by atoms with E-state index in [1.165, 1.54) is 5.56 Å². The molecule has 0 radical (unpaired) electrons. The number of nitrogens with two attached hydrogens (primary N) is 1. The zero-order valence-electron chi connectivity index (χ0n) is 14.7. The number of ether oxygens (including phenoxy) is 1. The van der Waals surface area contributed by atoms with Crippen LogP contribution in [-0.4, -0.2) is 23.2 Å². The maximum absolute atomic E-state index is 5.63. The Morgan fingerprint density at radius 2 is 1.80 bits per heavy atom. The van der Waals surface area contributed by atoms with Crippen LogP contribution in [-0.2, 0) is 6.42 Å². The number of methoxy groups -OCH3 is 1. The second-order valence-electron chi connectivity index (χ2n) is 6.03. The zero-order valence-corrected chi connectivity index (χ0v) is 14.7. The molecule has 0 spiro atoms. The molecule has 0 fully saturated rings. The summed E-state index contributed by atoms with van der Waals surface area (Å²) < 4.78 is 7.34. The average Bonchev–Trinajstić information content (AvgIpc) is 3.08. The highest BCUT2D eigenvalue weighted by atomic mass is 16.5. The number of aromatic nitrogens is 2. The van der Waals surface area contributed by atoms with Gasteiger partial charge in [0.1, 0.15) is 11.6 Å². The predicted octanol–water partition coefficient (Wildman–Crippen LogP) is 4.08. The van der Waals surface area contributed by atoms with Gasteiger partial charge in [-0.1, -0.05) is 18.7 Å².